The second-order valence-corrected chi connectivity index (χ2v) is 26.2. The second-order valence-electron chi connectivity index (χ2n) is 18.8. The third-order valence-corrected chi connectivity index (χ3v) is 18.7. The molecule has 3 heterocycles. The van der Waals surface area contributed by atoms with Crippen molar-refractivity contribution < 1.29 is 58.1 Å². The number of nitrogens with one attached hydrogen (secondary N) is 4. The predicted molar refractivity (Wildman–Crippen MR) is 347 cm³/mol. The van der Waals surface area contributed by atoms with Gasteiger partial charge >= 0.3 is 0 Å². The number of anilines is 8. The molecule has 0 atom stereocenters. The molecule has 0 bridgehead atoms. The number of nitriles is 2. The number of hydrogen-bond donors (Lipinski definition) is 7. The minimum atomic E-state index is -5.24. The maximum atomic E-state index is 13.4. The fourth-order valence-corrected chi connectivity index (χ4v) is 14.4. The molecule has 0 aliphatic carbocycles. The number of thioether (sulfide) groups is 1. The zero-order valence-electron chi connectivity index (χ0n) is 48.9. The molecule has 0 aliphatic heterocycles. The molecule has 4 aromatic carbocycles. The summed E-state index contributed by atoms with van der Waals surface area (Å²) in [6, 6.07) is 29.3. The van der Waals surface area contributed by atoms with Gasteiger partial charge in [0.25, 0.3) is 42.2 Å². The van der Waals surface area contributed by atoms with E-state index in [9.17, 15) is 68.6 Å². The topological polar surface area (TPSA) is 422 Å². The smallest absolute Gasteiger partial charge is 0.297 e. The number of aromatic nitrogens is 3. The molecule has 0 radical (unpaired) electrons. The zero-order valence-corrected chi connectivity index (χ0v) is 53.8. The van der Waals surface area contributed by atoms with Crippen molar-refractivity contribution in [2.45, 2.75) is 56.5 Å². The van der Waals surface area contributed by atoms with E-state index in [1.807, 2.05) is 37.5 Å². The van der Waals surface area contributed by atoms with E-state index in [4.69, 9.17) is 0 Å². The Labute approximate surface area is 534 Å². The minimum absolute atomic E-state index is 0.0181. The van der Waals surface area contributed by atoms with Gasteiger partial charge in [-0.25, -0.2) is 0 Å². The number of carbonyl (C=O) groups excluding carboxylic acids is 4. The Morgan fingerprint density at radius 3 is 1.30 bits per heavy atom. The van der Waals surface area contributed by atoms with Gasteiger partial charge in [-0.15, -0.1) is 43.1 Å². The van der Waals surface area contributed by atoms with Crippen LogP contribution in [-0.4, -0.2) is 115 Å². The standard InChI is InChI=1S/C57H55N15O13S6/c1-7-71(8-2)37-21-23-43(67-69-53-41(31-58)49(90(80,81)82)47(87-53)29-39(33(5)73)51(75)60-35-17-13-11-14-18-35)45(27-37)62-55-64-56(66-57(65-55)86-25-26-89(77,78)79)63-46-28-38(72(9-3)10-4)22-24-44(46)68-70-54-42(32-59)50(91(83,84)85)48(88-54)30-40(34(6)74)52(76)61-36-19-15-12-16-20-36/h11-24,27-30H,7-10,25-26H2,1-6H3,(H,60,75)(H,61,76)(H,77,78,79)(H,80,81,82)(H,83,84,85)(H2,62,63,64,65,66)/b39-29-,40-30+,69-67?,70-68?. The average Bonchev–Trinajstić information content (AvgIpc) is 1.68. The molecule has 3 aromatic heterocycles. The van der Waals surface area contributed by atoms with Crippen molar-refractivity contribution in [1.29, 1.82) is 10.5 Å². The fourth-order valence-electron chi connectivity index (χ4n) is 8.44. The van der Waals surface area contributed by atoms with Crippen molar-refractivity contribution in [1.82, 2.24) is 15.0 Å². The number of rotatable bonds is 28. The number of ketones is 2. The Kier molecular flexibility index (Phi) is 23.0. The maximum absolute atomic E-state index is 13.4. The van der Waals surface area contributed by atoms with E-state index in [1.165, 1.54) is 12.1 Å². The van der Waals surface area contributed by atoms with Crippen molar-refractivity contribution >= 4 is 168 Å². The van der Waals surface area contributed by atoms with Gasteiger partial charge in [0.15, 0.2) is 26.7 Å². The molecule has 0 saturated carbocycles. The summed E-state index contributed by atoms with van der Waals surface area (Å²) in [5, 5.41) is 48.4. The average molecular weight is 1350 g/mol. The van der Waals surface area contributed by atoms with E-state index in [1.54, 1.807) is 97.1 Å². The number of azo groups is 2. The van der Waals surface area contributed by atoms with Crippen LogP contribution < -0.4 is 31.1 Å². The zero-order chi connectivity index (χ0) is 66.4. The van der Waals surface area contributed by atoms with Gasteiger partial charge in [0.05, 0.1) is 38.0 Å². The molecule has 0 spiro atoms. The first-order valence-corrected chi connectivity index (χ1v) is 34.1. The van der Waals surface area contributed by atoms with E-state index < -0.39 is 101 Å². The largest absolute Gasteiger partial charge is 0.372 e. The summed E-state index contributed by atoms with van der Waals surface area (Å²) >= 11 is 1.86. The van der Waals surface area contributed by atoms with Crippen molar-refractivity contribution in [3.63, 3.8) is 0 Å². The lowest BCUT2D eigenvalue weighted by Crippen LogP contribution is -2.21. The van der Waals surface area contributed by atoms with E-state index in [2.05, 4.69) is 56.7 Å². The molecule has 7 N–H and O–H groups in total. The fraction of sp³-hybridized carbons (Fsp3) is 0.211. The van der Waals surface area contributed by atoms with Crippen LogP contribution in [0, 0.1) is 22.7 Å². The van der Waals surface area contributed by atoms with E-state index in [-0.39, 0.29) is 55.6 Å². The molecule has 0 fully saturated rings. The number of thiophene rings is 2. The summed E-state index contributed by atoms with van der Waals surface area (Å²) < 4.78 is 106. The summed E-state index contributed by atoms with van der Waals surface area (Å²) in [5.41, 5.74) is -0.190. The molecule has 472 valence electrons. The van der Waals surface area contributed by atoms with Gasteiger partial charge < -0.3 is 31.1 Å². The highest BCUT2D eigenvalue weighted by molar-refractivity contribution is 8.00. The van der Waals surface area contributed by atoms with E-state index >= 15 is 0 Å². The summed E-state index contributed by atoms with van der Waals surface area (Å²) in [5.74, 6) is -4.83. The van der Waals surface area contributed by atoms with Crippen molar-refractivity contribution in [3.8, 4) is 12.1 Å². The lowest BCUT2D eigenvalue weighted by molar-refractivity contribution is -0.120. The lowest BCUT2D eigenvalue weighted by Gasteiger charge is -2.22. The molecular weight excluding hydrogens is 1300 g/mol. The molecule has 7 rings (SSSR count). The summed E-state index contributed by atoms with van der Waals surface area (Å²) in [6.45, 7) is 11.9. The van der Waals surface area contributed by atoms with Gasteiger partial charge in [0, 0.05) is 54.7 Å². The summed E-state index contributed by atoms with van der Waals surface area (Å²) in [6.07, 6.45) is 1.83. The van der Waals surface area contributed by atoms with Crippen molar-refractivity contribution in [3.05, 3.63) is 129 Å². The van der Waals surface area contributed by atoms with Crippen LogP contribution in [0.15, 0.2) is 144 Å². The quantitative estimate of drug-likeness (QED) is 0.00598. The first-order valence-electron chi connectivity index (χ1n) is 26.9. The molecular formula is C57H55N15O13S6. The molecule has 0 unspecified atom stereocenters. The third kappa shape index (κ3) is 18.1. The Morgan fingerprint density at radius 1 is 0.582 bits per heavy atom. The van der Waals surface area contributed by atoms with Crippen LogP contribution in [0.1, 0.15) is 62.4 Å². The summed E-state index contributed by atoms with van der Waals surface area (Å²) in [7, 11) is -15.0. The Balaban J connectivity index is 1.34. The van der Waals surface area contributed by atoms with Crippen LogP contribution in [0.4, 0.5) is 67.4 Å². The molecule has 34 heteroatoms. The van der Waals surface area contributed by atoms with Crippen LogP contribution in [0.2, 0.25) is 0 Å². The molecule has 7 aromatic rings. The predicted octanol–water partition coefficient (Wildman–Crippen LogP) is 11.4. The first-order chi connectivity index (χ1) is 43.2. The summed E-state index contributed by atoms with van der Waals surface area (Å²) in [4.78, 5) is 67.5. The van der Waals surface area contributed by atoms with Gasteiger partial charge in [-0.1, -0.05) is 48.2 Å². The second kappa shape index (κ2) is 30.3. The van der Waals surface area contributed by atoms with Gasteiger partial charge in [-0.05, 0) is 114 Å². The lowest BCUT2D eigenvalue weighted by atomic mass is 10.1. The van der Waals surface area contributed by atoms with Gasteiger partial charge in [0.2, 0.25) is 11.9 Å². The van der Waals surface area contributed by atoms with Crippen molar-refractivity contribution in [2.75, 3.05) is 68.8 Å². The number of benzene rings is 4. The third-order valence-electron chi connectivity index (χ3n) is 12.7. The number of amides is 2. The Hall–Kier alpha value is -9.49. The van der Waals surface area contributed by atoms with Crippen LogP contribution in [0.25, 0.3) is 12.2 Å². The van der Waals surface area contributed by atoms with Crippen LogP contribution in [-0.2, 0) is 49.5 Å². The molecule has 91 heavy (non-hydrogen) atoms. The minimum Gasteiger partial charge on any atom is -0.372 e. The molecule has 0 saturated heterocycles. The molecule has 2 amide bonds. The SMILES string of the molecule is CCN(CC)c1ccc(N=Nc2sc(/C=C(/C(C)=O)C(=O)Nc3ccccc3)c(S(=O)(=O)O)c2C#N)c(Nc2nc(Nc3cc(N(CC)CC)ccc3N=Nc3sc(/C=C(\C(C)=O)C(=O)Nc4ccccc4)c(S(=O)(=O)O)c3C#N)nc(SCCS(=O)(=O)O)n2)c1. The monoisotopic (exact) mass is 1350 g/mol. The Morgan fingerprint density at radius 2 is 0.967 bits per heavy atom. The first kappa shape index (κ1) is 69.0. The normalized spacial score (nSPS) is 12.1. The van der Waals surface area contributed by atoms with E-state index in [0.29, 0.717) is 71.6 Å². The highest BCUT2D eigenvalue weighted by atomic mass is 32.2. The van der Waals surface area contributed by atoms with Crippen LogP contribution in [0.3, 0.4) is 0 Å². The van der Waals surface area contributed by atoms with E-state index in [0.717, 1.165) is 37.8 Å². The number of carbonyl (C=O) groups is 4. The van der Waals surface area contributed by atoms with Crippen LogP contribution >= 0.6 is 34.4 Å². The van der Waals surface area contributed by atoms with Gasteiger partial charge in [0.1, 0.15) is 44.4 Å². The van der Waals surface area contributed by atoms with Crippen molar-refractivity contribution in [2.24, 2.45) is 20.5 Å². The van der Waals surface area contributed by atoms with Gasteiger partial charge in [-0.3, -0.25) is 32.8 Å². The Bertz CT molecular complexity index is 4250. The molecule has 0 aliphatic rings. The number of nitrogens with zero attached hydrogens (tertiary/aromatic N) is 11. The highest BCUT2D eigenvalue weighted by Crippen LogP contribution is 2.44. The number of para-hydroxylation sites is 2. The number of hydrogen-bond acceptors (Lipinski definition) is 26. The maximum Gasteiger partial charge on any atom is 0.297 e. The van der Waals surface area contributed by atoms with Gasteiger partial charge in [-0.2, -0.15) is 50.7 Å². The number of Topliss-reactive ketones (excluding diaryl/α,β-unsaturated/α-hetero) is 2. The van der Waals surface area contributed by atoms with Crippen LogP contribution in [0.5, 0.6) is 0 Å². The molecule has 28 nitrogen and oxygen atoms in total. The highest BCUT2D eigenvalue weighted by Gasteiger charge is 2.31.